The van der Waals surface area contributed by atoms with Gasteiger partial charge in [-0.2, -0.15) is 0 Å². The Labute approximate surface area is 156 Å². The quantitative estimate of drug-likeness (QED) is 0.123. The molecule has 0 saturated carbocycles. The molecule has 0 aromatic rings. The summed E-state index contributed by atoms with van der Waals surface area (Å²) in [5.41, 5.74) is 7.75. The van der Waals surface area contributed by atoms with E-state index in [1.807, 2.05) is 6.08 Å². The van der Waals surface area contributed by atoms with Crippen LogP contribution in [-0.4, -0.2) is 40.3 Å². The van der Waals surface area contributed by atoms with Crippen molar-refractivity contribution in [2.75, 3.05) is 13.7 Å². The van der Waals surface area contributed by atoms with Gasteiger partial charge in [0.2, 0.25) is 6.29 Å². The molecule has 7 nitrogen and oxygen atoms in total. The third-order valence-electron chi connectivity index (χ3n) is 6.17. The molecule has 0 N–H and O–H groups in total. The number of rotatable bonds is 7. The number of cyclic esters (lactones) is 1. The highest BCUT2D eigenvalue weighted by Crippen LogP contribution is 2.53. The Balaban J connectivity index is 2.37. The van der Waals surface area contributed by atoms with Gasteiger partial charge in [0, 0.05) is 24.5 Å². The van der Waals surface area contributed by atoms with E-state index in [0.717, 1.165) is 0 Å². The molecule has 4 atom stereocenters. The minimum Gasteiger partial charge on any atom is -0.435 e. The number of azide groups is 1. The van der Waals surface area contributed by atoms with E-state index >= 15 is 0 Å². The summed E-state index contributed by atoms with van der Waals surface area (Å²) in [6.45, 7) is 11.3. The van der Waals surface area contributed by atoms with E-state index in [4.69, 9.17) is 19.4 Å². The van der Waals surface area contributed by atoms with Crippen LogP contribution in [0.5, 0.6) is 0 Å². The van der Waals surface area contributed by atoms with Crippen molar-refractivity contribution in [1.82, 2.24) is 0 Å². The van der Waals surface area contributed by atoms with Crippen LogP contribution in [0.3, 0.4) is 0 Å². The molecule has 1 aliphatic heterocycles. The van der Waals surface area contributed by atoms with Crippen LogP contribution in [0.2, 0.25) is 18.1 Å². The third kappa shape index (κ3) is 3.69. The van der Waals surface area contributed by atoms with Crippen LogP contribution in [0.25, 0.3) is 10.4 Å². The van der Waals surface area contributed by atoms with Crippen molar-refractivity contribution >= 4 is 14.3 Å². The number of carbonyl (C=O) groups is 1. The summed E-state index contributed by atoms with van der Waals surface area (Å²) in [5, 5.41) is 3.65. The Bertz CT molecular complexity index is 610. The number of carbonyl (C=O) groups excluding carboxylic acids is 1. The zero-order valence-electron chi connectivity index (χ0n) is 16.7. The maximum atomic E-state index is 13.0. The summed E-state index contributed by atoms with van der Waals surface area (Å²) in [7, 11) is -0.532. The van der Waals surface area contributed by atoms with Crippen LogP contribution in [0.15, 0.2) is 17.3 Å². The number of fused-ring (bicyclic) bond motifs is 1. The molecule has 0 aromatic heterocycles. The Morgan fingerprint density at radius 2 is 2.15 bits per heavy atom. The summed E-state index contributed by atoms with van der Waals surface area (Å²) < 4.78 is 17.7. The van der Waals surface area contributed by atoms with Crippen molar-refractivity contribution in [3.8, 4) is 0 Å². The van der Waals surface area contributed by atoms with Gasteiger partial charge in [-0.3, -0.25) is 4.79 Å². The van der Waals surface area contributed by atoms with Crippen LogP contribution in [0.1, 0.15) is 40.0 Å². The SMILES string of the molecule is CO[C@H]1OC(=O)[C@@]2(CCCN=[N+]=[N-])[C@@H]1CC=C[C@H]2O[Si](C)(C)C(C)(C)C. The Morgan fingerprint density at radius 3 is 2.73 bits per heavy atom. The number of esters is 1. The minimum atomic E-state index is -2.10. The number of nitrogens with zero attached hydrogens (tertiary/aromatic N) is 3. The maximum Gasteiger partial charge on any atom is 0.317 e. The van der Waals surface area contributed by atoms with Crippen molar-refractivity contribution in [3.63, 3.8) is 0 Å². The highest BCUT2D eigenvalue weighted by Gasteiger charge is 2.63. The van der Waals surface area contributed by atoms with Gasteiger partial charge >= 0.3 is 5.97 Å². The van der Waals surface area contributed by atoms with Crippen LogP contribution >= 0.6 is 0 Å². The molecule has 0 aromatic carbocycles. The molecule has 146 valence electrons. The highest BCUT2D eigenvalue weighted by atomic mass is 28.4. The zero-order chi connectivity index (χ0) is 19.6. The molecule has 2 rings (SSSR count). The van der Waals surface area contributed by atoms with Crippen LogP contribution < -0.4 is 0 Å². The molecule has 0 bridgehead atoms. The first-order valence-electron chi connectivity index (χ1n) is 9.19. The second-order valence-electron chi connectivity index (χ2n) is 8.68. The lowest BCUT2D eigenvalue weighted by molar-refractivity contribution is -0.164. The first kappa shape index (κ1) is 21.0. The Kier molecular flexibility index (Phi) is 6.23. The van der Waals surface area contributed by atoms with Crippen molar-refractivity contribution < 1.29 is 18.7 Å². The molecule has 1 fully saturated rings. The lowest BCUT2D eigenvalue weighted by Crippen LogP contribution is -2.54. The summed E-state index contributed by atoms with van der Waals surface area (Å²) >= 11 is 0. The average molecular weight is 382 g/mol. The number of ether oxygens (including phenoxy) is 2. The van der Waals surface area contributed by atoms with E-state index in [0.29, 0.717) is 25.8 Å². The Morgan fingerprint density at radius 1 is 1.46 bits per heavy atom. The fraction of sp³-hybridized carbons (Fsp3) is 0.833. The summed E-state index contributed by atoms with van der Waals surface area (Å²) in [5.74, 6) is -0.353. The first-order valence-corrected chi connectivity index (χ1v) is 12.1. The lowest BCUT2D eigenvalue weighted by atomic mass is 9.65. The number of allylic oxidation sites excluding steroid dienone is 1. The van der Waals surface area contributed by atoms with E-state index < -0.39 is 20.0 Å². The predicted molar refractivity (Wildman–Crippen MR) is 102 cm³/mol. The van der Waals surface area contributed by atoms with Gasteiger partial charge in [0.05, 0.1) is 6.10 Å². The van der Waals surface area contributed by atoms with E-state index in [1.165, 1.54) is 0 Å². The smallest absolute Gasteiger partial charge is 0.317 e. The van der Waals surface area contributed by atoms with Gasteiger partial charge in [-0.15, -0.1) is 0 Å². The van der Waals surface area contributed by atoms with Crippen molar-refractivity contribution in [2.24, 2.45) is 16.4 Å². The molecular weight excluding hydrogens is 350 g/mol. The molecule has 0 radical (unpaired) electrons. The van der Waals surface area contributed by atoms with Gasteiger partial charge in [0.1, 0.15) is 5.41 Å². The first-order chi connectivity index (χ1) is 12.1. The third-order valence-corrected chi connectivity index (χ3v) is 10.6. The van der Waals surface area contributed by atoms with Crippen molar-refractivity contribution in [3.05, 3.63) is 22.6 Å². The van der Waals surface area contributed by atoms with Crippen LogP contribution in [-0.2, 0) is 18.7 Å². The van der Waals surface area contributed by atoms with Crippen LogP contribution in [0.4, 0.5) is 0 Å². The molecule has 1 aliphatic carbocycles. The molecule has 2 aliphatic rings. The second kappa shape index (κ2) is 7.72. The van der Waals surface area contributed by atoms with Gasteiger partial charge in [-0.05, 0) is 42.9 Å². The molecule has 1 saturated heterocycles. The van der Waals surface area contributed by atoms with Crippen LogP contribution in [0, 0.1) is 11.3 Å². The number of methoxy groups -OCH3 is 1. The van der Waals surface area contributed by atoms with Crippen molar-refractivity contribution in [2.45, 2.75) is 70.6 Å². The monoisotopic (exact) mass is 381 g/mol. The number of hydrogen-bond acceptors (Lipinski definition) is 5. The Hall–Kier alpha value is -1.34. The predicted octanol–water partition coefficient (Wildman–Crippen LogP) is 4.56. The zero-order valence-corrected chi connectivity index (χ0v) is 17.7. The number of hydrogen-bond donors (Lipinski definition) is 0. The molecule has 1 heterocycles. The summed E-state index contributed by atoms with van der Waals surface area (Å²) in [4.78, 5) is 15.8. The molecule has 0 unspecified atom stereocenters. The van der Waals surface area contributed by atoms with Gasteiger partial charge in [-0.25, -0.2) is 0 Å². The molecule has 26 heavy (non-hydrogen) atoms. The molecular formula is C18H31N3O4Si. The fourth-order valence-electron chi connectivity index (χ4n) is 3.63. The van der Waals surface area contributed by atoms with Gasteiger partial charge in [-0.1, -0.05) is 38.0 Å². The molecule has 0 spiro atoms. The van der Waals surface area contributed by atoms with E-state index in [1.54, 1.807) is 7.11 Å². The summed E-state index contributed by atoms with van der Waals surface area (Å²) in [6.07, 6.45) is 5.06. The topological polar surface area (TPSA) is 93.5 Å². The highest BCUT2D eigenvalue weighted by molar-refractivity contribution is 6.74. The largest absolute Gasteiger partial charge is 0.435 e. The van der Waals surface area contributed by atoms with E-state index in [9.17, 15) is 4.79 Å². The van der Waals surface area contributed by atoms with Gasteiger partial charge in [0.15, 0.2) is 8.32 Å². The van der Waals surface area contributed by atoms with Gasteiger partial charge in [0.25, 0.3) is 0 Å². The average Bonchev–Trinajstić information content (AvgIpc) is 2.84. The normalized spacial score (nSPS) is 31.3. The second-order valence-corrected chi connectivity index (χ2v) is 13.4. The minimum absolute atomic E-state index is 0.0310. The standard InChI is InChI=1S/C18H31N3O4Si/c1-17(2,3)26(5,6)25-14-10-7-9-13-15(23-4)24-16(22)18(13,14)11-8-12-20-21-19/h7,10,13-15H,8-9,11-12H2,1-6H3/t13-,14-,15+,18+/m1/s1. The molecule has 8 heteroatoms. The van der Waals surface area contributed by atoms with E-state index in [-0.39, 0.29) is 23.0 Å². The maximum absolute atomic E-state index is 13.0. The molecule has 0 amide bonds. The lowest BCUT2D eigenvalue weighted by Gasteiger charge is -2.46. The van der Waals surface area contributed by atoms with Crippen molar-refractivity contribution in [1.29, 1.82) is 0 Å². The summed E-state index contributed by atoms with van der Waals surface area (Å²) in [6, 6.07) is 0. The van der Waals surface area contributed by atoms with Gasteiger partial charge < -0.3 is 13.9 Å². The van der Waals surface area contributed by atoms with E-state index in [2.05, 4.69) is 50.0 Å². The fourth-order valence-corrected chi connectivity index (χ4v) is 4.91.